The van der Waals surface area contributed by atoms with Gasteiger partial charge in [0.2, 0.25) is 29.5 Å². The van der Waals surface area contributed by atoms with Crippen LogP contribution in [0.1, 0.15) is 32.6 Å². The quantitative estimate of drug-likeness (QED) is 0.123. The molecule has 15 heteroatoms. The minimum absolute atomic E-state index is 0.00574. The number of carboxylic acids is 1. The Kier molecular flexibility index (Phi) is 11.3. The number of carboxylic acid groups (broad SMARTS) is 1. The van der Waals surface area contributed by atoms with Crippen molar-refractivity contribution in [2.75, 3.05) is 19.8 Å². The van der Waals surface area contributed by atoms with E-state index < -0.39 is 78.9 Å². The Morgan fingerprint density at radius 2 is 1.56 bits per heavy atom. The number of rotatable bonds is 13. The monoisotopic (exact) mass is 488 g/mol. The van der Waals surface area contributed by atoms with Gasteiger partial charge in [-0.15, -0.1) is 0 Å². The number of primary amides is 1. The molecular formula is C19H32N6O9. The lowest BCUT2D eigenvalue weighted by Gasteiger charge is -2.28. The molecule has 0 aromatic carbocycles. The summed E-state index contributed by atoms with van der Waals surface area (Å²) in [5.74, 6) is -5.25. The van der Waals surface area contributed by atoms with Gasteiger partial charge in [0.25, 0.3) is 0 Å². The first-order chi connectivity index (χ1) is 15.9. The molecule has 0 unspecified atom stereocenters. The summed E-state index contributed by atoms with van der Waals surface area (Å²) in [7, 11) is 0. The summed E-state index contributed by atoms with van der Waals surface area (Å²) in [4.78, 5) is 72.8. The standard InChI is InChI=1S/C19H32N6O9/c1-9(19(33)34)22-15(29)11(7-26)23-16(30)12(8-27)24-17(31)13-3-2-6-25(13)18(32)10(20)4-5-14(21)28/h9-13,26-27H,2-8,20H2,1H3,(H2,21,28)(H,22,29)(H,23,30)(H,24,31)(H,33,34)/t9-,10-,11-,12-,13-/m0/s1. The number of nitrogens with two attached hydrogens (primary N) is 2. The summed E-state index contributed by atoms with van der Waals surface area (Å²) in [6, 6.07) is -6.36. The molecule has 15 nitrogen and oxygen atoms in total. The number of likely N-dealkylation sites (tertiary alicyclic amines) is 1. The van der Waals surface area contributed by atoms with Gasteiger partial charge in [0.15, 0.2) is 0 Å². The van der Waals surface area contributed by atoms with Gasteiger partial charge in [-0.3, -0.25) is 28.8 Å². The van der Waals surface area contributed by atoms with E-state index in [1.165, 1.54) is 11.8 Å². The molecule has 34 heavy (non-hydrogen) atoms. The minimum Gasteiger partial charge on any atom is -0.480 e. The topological polar surface area (TPSA) is 254 Å². The Balaban J connectivity index is 2.77. The van der Waals surface area contributed by atoms with Crippen molar-refractivity contribution in [3.63, 3.8) is 0 Å². The van der Waals surface area contributed by atoms with Gasteiger partial charge in [-0.2, -0.15) is 0 Å². The van der Waals surface area contributed by atoms with Crippen LogP contribution >= 0.6 is 0 Å². The lowest BCUT2D eigenvalue weighted by Crippen LogP contribution is -2.59. The molecule has 0 saturated carbocycles. The predicted molar refractivity (Wildman–Crippen MR) is 114 cm³/mol. The van der Waals surface area contributed by atoms with E-state index >= 15 is 0 Å². The van der Waals surface area contributed by atoms with Crippen molar-refractivity contribution in [2.24, 2.45) is 11.5 Å². The fourth-order valence-electron chi connectivity index (χ4n) is 3.24. The van der Waals surface area contributed by atoms with Crippen molar-refractivity contribution in [3.8, 4) is 0 Å². The molecule has 0 bridgehead atoms. The van der Waals surface area contributed by atoms with Crippen LogP contribution in [0.2, 0.25) is 0 Å². The molecule has 0 aliphatic carbocycles. The SMILES string of the molecule is C[C@H](NC(=O)[C@H](CO)NC(=O)[C@H](CO)NC(=O)[C@@H]1CCCN1C(=O)[C@@H](N)CCC(N)=O)C(=O)O. The maximum atomic E-state index is 12.7. The third-order valence-corrected chi connectivity index (χ3v) is 5.22. The molecule has 1 fully saturated rings. The fraction of sp³-hybridized carbons (Fsp3) is 0.684. The largest absolute Gasteiger partial charge is 0.480 e. The van der Waals surface area contributed by atoms with Crippen LogP contribution in [-0.4, -0.2) is 106 Å². The van der Waals surface area contributed by atoms with Gasteiger partial charge in [-0.25, -0.2) is 0 Å². The van der Waals surface area contributed by atoms with Gasteiger partial charge in [0.1, 0.15) is 24.2 Å². The number of carbonyl (C=O) groups is 6. The number of aliphatic carboxylic acids is 1. The second-order valence-electron chi connectivity index (χ2n) is 7.86. The zero-order valence-corrected chi connectivity index (χ0v) is 18.7. The van der Waals surface area contributed by atoms with E-state index in [2.05, 4.69) is 16.0 Å². The molecule has 5 atom stereocenters. The van der Waals surface area contributed by atoms with Gasteiger partial charge in [-0.1, -0.05) is 0 Å². The Labute approximate surface area is 195 Å². The third-order valence-electron chi connectivity index (χ3n) is 5.22. The van der Waals surface area contributed by atoms with E-state index in [4.69, 9.17) is 16.6 Å². The molecule has 0 aromatic heterocycles. The average Bonchev–Trinajstić information content (AvgIpc) is 3.28. The number of nitrogens with zero attached hydrogens (tertiary/aromatic N) is 1. The number of nitrogens with one attached hydrogen (secondary N) is 3. The van der Waals surface area contributed by atoms with Crippen LogP contribution in [0.3, 0.4) is 0 Å². The van der Waals surface area contributed by atoms with E-state index in [0.717, 1.165) is 0 Å². The van der Waals surface area contributed by atoms with E-state index in [1.807, 2.05) is 0 Å². The normalized spacial score (nSPS) is 18.8. The van der Waals surface area contributed by atoms with Crippen LogP contribution in [0.5, 0.6) is 0 Å². The van der Waals surface area contributed by atoms with E-state index in [9.17, 15) is 39.0 Å². The summed E-state index contributed by atoms with van der Waals surface area (Å²) in [6.07, 6.45) is 0.659. The number of aliphatic hydroxyl groups excluding tert-OH is 2. The van der Waals surface area contributed by atoms with Crippen LogP contribution in [0.25, 0.3) is 0 Å². The first-order valence-corrected chi connectivity index (χ1v) is 10.6. The summed E-state index contributed by atoms with van der Waals surface area (Å²) in [6.45, 7) is -0.320. The van der Waals surface area contributed by atoms with Crippen LogP contribution in [0.4, 0.5) is 0 Å². The van der Waals surface area contributed by atoms with Crippen molar-refractivity contribution in [2.45, 2.75) is 62.8 Å². The highest BCUT2D eigenvalue weighted by Gasteiger charge is 2.38. The van der Waals surface area contributed by atoms with Gasteiger partial charge < -0.3 is 47.6 Å². The number of hydrogen-bond acceptors (Lipinski definition) is 9. The van der Waals surface area contributed by atoms with Crippen LogP contribution < -0.4 is 27.4 Å². The smallest absolute Gasteiger partial charge is 0.325 e. The van der Waals surface area contributed by atoms with Gasteiger partial charge >= 0.3 is 5.97 Å². The first kappa shape index (κ1) is 28.7. The Morgan fingerprint density at radius 3 is 2.09 bits per heavy atom. The van der Waals surface area contributed by atoms with Gasteiger partial charge in [-0.05, 0) is 26.2 Å². The highest BCUT2D eigenvalue weighted by atomic mass is 16.4. The Hall–Kier alpha value is -3.30. The molecule has 1 aliphatic rings. The van der Waals surface area contributed by atoms with Crippen molar-refractivity contribution in [1.82, 2.24) is 20.9 Å². The number of aliphatic hydroxyl groups is 2. The fourth-order valence-corrected chi connectivity index (χ4v) is 3.24. The predicted octanol–water partition coefficient (Wildman–Crippen LogP) is -4.89. The molecule has 0 aromatic rings. The van der Waals surface area contributed by atoms with E-state index in [0.29, 0.717) is 6.42 Å². The summed E-state index contributed by atoms with van der Waals surface area (Å²) < 4.78 is 0. The molecule has 5 amide bonds. The number of amides is 5. The maximum Gasteiger partial charge on any atom is 0.325 e. The highest BCUT2D eigenvalue weighted by Crippen LogP contribution is 2.19. The molecule has 1 heterocycles. The summed E-state index contributed by atoms with van der Waals surface area (Å²) in [5.41, 5.74) is 10.9. The highest BCUT2D eigenvalue weighted by molar-refractivity contribution is 5.95. The van der Waals surface area contributed by atoms with E-state index in [-0.39, 0.29) is 25.8 Å². The van der Waals surface area contributed by atoms with Crippen LogP contribution in [-0.2, 0) is 28.8 Å². The zero-order valence-electron chi connectivity index (χ0n) is 18.7. The third kappa shape index (κ3) is 8.24. The van der Waals surface area contributed by atoms with Gasteiger partial charge in [0.05, 0.1) is 19.3 Å². The van der Waals surface area contributed by atoms with Crippen molar-refractivity contribution in [3.05, 3.63) is 0 Å². The molecular weight excluding hydrogens is 456 g/mol. The number of hydrogen-bond donors (Lipinski definition) is 8. The average molecular weight is 488 g/mol. The van der Waals surface area contributed by atoms with Crippen LogP contribution in [0, 0.1) is 0 Å². The molecule has 192 valence electrons. The second-order valence-corrected chi connectivity index (χ2v) is 7.86. The maximum absolute atomic E-state index is 12.7. The summed E-state index contributed by atoms with van der Waals surface area (Å²) in [5, 5.41) is 34.3. The van der Waals surface area contributed by atoms with Crippen molar-refractivity contribution >= 4 is 35.5 Å². The van der Waals surface area contributed by atoms with Crippen LogP contribution in [0.15, 0.2) is 0 Å². The lowest BCUT2D eigenvalue weighted by atomic mass is 10.1. The van der Waals surface area contributed by atoms with Crippen molar-refractivity contribution < 1.29 is 44.1 Å². The zero-order chi connectivity index (χ0) is 26.0. The molecule has 10 N–H and O–H groups in total. The van der Waals surface area contributed by atoms with Crippen molar-refractivity contribution in [1.29, 1.82) is 0 Å². The Morgan fingerprint density at radius 1 is 1.00 bits per heavy atom. The minimum atomic E-state index is -1.53. The molecule has 0 spiro atoms. The lowest BCUT2D eigenvalue weighted by molar-refractivity contribution is -0.142. The first-order valence-electron chi connectivity index (χ1n) is 10.6. The molecule has 1 rings (SSSR count). The molecule has 1 aliphatic heterocycles. The van der Waals surface area contributed by atoms with E-state index in [1.54, 1.807) is 0 Å². The molecule has 0 radical (unpaired) electrons. The van der Waals surface area contributed by atoms with Gasteiger partial charge in [0, 0.05) is 13.0 Å². The summed E-state index contributed by atoms with van der Waals surface area (Å²) >= 11 is 0. The second kappa shape index (κ2) is 13.4. The molecule has 1 saturated heterocycles. The Bertz CT molecular complexity index is 792. The number of carbonyl (C=O) groups excluding carboxylic acids is 5.